The van der Waals surface area contributed by atoms with Crippen LogP contribution in [0.2, 0.25) is 0 Å². The fourth-order valence-electron chi connectivity index (χ4n) is 0.608. The van der Waals surface area contributed by atoms with Gasteiger partial charge in [0, 0.05) is 6.04 Å². The van der Waals surface area contributed by atoms with E-state index in [0.29, 0.717) is 10.8 Å². The Morgan fingerprint density at radius 2 is 2.00 bits per heavy atom. The molecule has 1 aromatic heterocycles. The van der Waals surface area contributed by atoms with Gasteiger partial charge in [-0.3, -0.25) is 0 Å². The first kappa shape index (κ1) is 8.20. The molecule has 1 aromatic rings. The van der Waals surface area contributed by atoms with Crippen LogP contribution in [0, 0.1) is 0 Å². The second kappa shape index (κ2) is 3.00. The van der Waals surface area contributed by atoms with Crippen LogP contribution in [0.4, 0.5) is 0 Å². The van der Waals surface area contributed by atoms with Crippen molar-refractivity contribution in [1.82, 2.24) is 14.8 Å². The molecule has 0 unspecified atom stereocenters. The van der Waals surface area contributed by atoms with Crippen LogP contribution in [0.15, 0.2) is 9.47 Å². The minimum absolute atomic E-state index is 0.341. The maximum Gasteiger partial charge on any atom is 0.218 e. The van der Waals surface area contributed by atoms with E-state index in [0.717, 1.165) is 4.73 Å². The highest BCUT2D eigenvalue weighted by Crippen LogP contribution is 2.15. The highest BCUT2D eigenvalue weighted by atomic mass is 79.9. The van der Waals surface area contributed by atoms with Crippen molar-refractivity contribution in [3.63, 3.8) is 0 Å². The third kappa shape index (κ3) is 1.58. The lowest BCUT2D eigenvalue weighted by Crippen LogP contribution is -2.02. The molecular formula is C5H7Br2N3. The van der Waals surface area contributed by atoms with Gasteiger partial charge in [0.05, 0.1) is 0 Å². The molecule has 1 rings (SSSR count). The minimum Gasteiger partial charge on any atom is -0.237 e. The lowest BCUT2D eigenvalue weighted by molar-refractivity contribution is 0.517. The average molecular weight is 269 g/mol. The number of hydrogen-bond donors (Lipinski definition) is 0. The van der Waals surface area contributed by atoms with Crippen LogP contribution in [0.25, 0.3) is 0 Å². The van der Waals surface area contributed by atoms with E-state index >= 15 is 0 Å². The van der Waals surface area contributed by atoms with E-state index in [1.165, 1.54) is 0 Å². The zero-order chi connectivity index (χ0) is 7.72. The third-order valence-corrected chi connectivity index (χ3v) is 1.93. The molecule has 0 radical (unpaired) electrons. The number of hydrogen-bond acceptors (Lipinski definition) is 2. The monoisotopic (exact) mass is 267 g/mol. The van der Waals surface area contributed by atoms with Gasteiger partial charge in [0.15, 0.2) is 4.73 Å². The molecule has 0 bridgehead atoms. The largest absolute Gasteiger partial charge is 0.237 e. The number of halogens is 2. The lowest BCUT2D eigenvalue weighted by atomic mass is 10.4. The molecule has 3 nitrogen and oxygen atoms in total. The van der Waals surface area contributed by atoms with Crippen molar-refractivity contribution in [3.05, 3.63) is 9.47 Å². The van der Waals surface area contributed by atoms with Crippen LogP contribution in [-0.4, -0.2) is 14.8 Å². The van der Waals surface area contributed by atoms with Crippen LogP contribution in [0.1, 0.15) is 19.9 Å². The molecule has 56 valence electrons. The summed E-state index contributed by atoms with van der Waals surface area (Å²) in [6.45, 7) is 4.10. The fourth-order valence-corrected chi connectivity index (χ4v) is 1.84. The molecule has 0 aliphatic rings. The van der Waals surface area contributed by atoms with E-state index in [-0.39, 0.29) is 0 Å². The van der Waals surface area contributed by atoms with Crippen molar-refractivity contribution >= 4 is 31.9 Å². The van der Waals surface area contributed by atoms with Crippen LogP contribution in [0.3, 0.4) is 0 Å². The fraction of sp³-hybridized carbons (Fsp3) is 0.600. The maximum atomic E-state index is 4.09. The second-order valence-electron chi connectivity index (χ2n) is 2.19. The molecule has 1 heterocycles. The zero-order valence-electron chi connectivity index (χ0n) is 5.67. The summed E-state index contributed by atoms with van der Waals surface area (Å²) in [6.07, 6.45) is 0. The van der Waals surface area contributed by atoms with E-state index in [1.54, 1.807) is 4.68 Å². The molecule has 0 fully saturated rings. The van der Waals surface area contributed by atoms with Gasteiger partial charge in [-0.05, 0) is 45.7 Å². The Hall–Kier alpha value is 0.1000. The van der Waals surface area contributed by atoms with Crippen molar-refractivity contribution in [3.8, 4) is 0 Å². The van der Waals surface area contributed by atoms with Crippen molar-refractivity contribution in [2.45, 2.75) is 19.9 Å². The molecule has 0 aliphatic carbocycles. The van der Waals surface area contributed by atoms with E-state index < -0.39 is 0 Å². The molecule has 10 heavy (non-hydrogen) atoms. The first-order chi connectivity index (χ1) is 4.61. The normalized spacial score (nSPS) is 10.9. The van der Waals surface area contributed by atoms with Gasteiger partial charge in [-0.15, -0.1) is 5.10 Å². The van der Waals surface area contributed by atoms with E-state index in [9.17, 15) is 0 Å². The summed E-state index contributed by atoms with van der Waals surface area (Å²) in [6, 6.07) is 0.341. The van der Waals surface area contributed by atoms with Crippen LogP contribution in [-0.2, 0) is 0 Å². The lowest BCUT2D eigenvalue weighted by Gasteiger charge is -2.03. The van der Waals surface area contributed by atoms with Gasteiger partial charge in [0.25, 0.3) is 0 Å². The topological polar surface area (TPSA) is 30.7 Å². The molecule has 0 saturated carbocycles. The number of nitrogens with zero attached hydrogens (tertiary/aromatic N) is 3. The van der Waals surface area contributed by atoms with Crippen molar-refractivity contribution < 1.29 is 0 Å². The third-order valence-electron chi connectivity index (χ3n) is 1.05. The average Bonchev–Trinajstić information content (AvgIpc) is 2.10. The molecule has 0 aliphatic heterocycles. The molecular weight excluding hydrogens is 262 g/mol. The van der Waals surface area contributed by atoms with Gasteiger partial charge in [0.1, 0.15) is 0 Å². The van der Waals surface area contributed by atoms with Crippen LogP contribution in [0.5, 0.6) is 0 Å². The first-order valence-electron chi connectivity index (χ1n) is 2.89. The predicted molar refractivity (Wildman–Crippen MR) is 45.8 cm³/mol. The predicted octanol–water partition coefficient (Wildman–Crippen LogP) is 2.38. The molecule has 0 atom stereocenters. The standard InChI is InChI=1S/C5H7Br2N3/c1-3(2)10-5(7)8-4(6)9-10/h3H,1-2H3. The quantitative estimate of drug-likeness (QED) is 0.783. The van der Waals surface area contributed by atoms with Crippen molar-refractivity contribution in [2.24, 2.45) is 0 Å². The zero-order valence-corrected chi connectivity index (χ0v) is 8.85. The Morgan fingerprint density at radius 3 is 2.20 bits per heavy atom. The van der Waals surface area contributed by atoms with Gasteiger partial charge < -0.3 is 0 Å². The smallest absolute Gasteiger partial charge is 0.218 e. The maximum absolute atomic E-state index is 4.09. The summed E-state index contributed by atoms with van der Waals surface area (Å²) < 4.78 is 3.17. The van der Waals surface area contributed by atoms with Crippen LogP contribution >= 0.6 is 31.9 Å². The molecule has 5 heteroatoms. The molecule has 0 spiro atoms. The summed E-state index contributed by atoms with van der Waals surface area (Å²) in [5.74, 6) is 0. The molecule has 0 aromatic carbocycles. The van der Waals surface area contributed by atoms with Crippen molar-refractivity contribution in [2.75, 3.05) is 0 Å². The molecule has 0 amide bonds. The van der Waals surface area contributed by atoms with Gasteiger partial charge in [0.2, 0.25) is 4.73 Å². The Labute approximate surface area is 76.1 Å². The second-order valence-corrected chi connectivity index (χ2v) is 3.61. The first-order valence-corrected chi connectivity index (χ1v) is 4.47. The van der Waals surface area contributed by atoms with Gasteiger partial charge in [-0.25, -0.2) is 4.68 Å². The molecule has 0 saturated heterocycles. The van der Waals surface area contributed by atoms with Crippen LogP contribution < -0.4 is 0 Å². The Morgan fingerprint density at radius 1 is 1.40 bits per heavy atom. The summed E-state index contributed by atoms with van der Waals surface area (Å²) in [5.41, 5.74) is 0. The SMILES string of the molecule is CC(C)n1nc(Br)nc1Br. The highest BCUT2D eigenvalue weighted by molar-refractivity contribution is 9.11. The Balaban J connectivity index is 3.03. The summed E-state index contributed by atoms with van der Waals surface area (Å²) in [7, 11) is 0. The van der Waals surface area contributed by atoms with Gasteiger partial charge in [-0.1, -0.05) is 0 Å². The Bertz CT molecular complexity index is 231. The van der Waals surface area contributed by atoms with E-state index in [2.05, 4.69) is 41.9 Å². The van der Waals surface area contributed by atoms with E-state index in [4.69, 9.17) is 0 Å². The Kier molecular flexibility index (Phi) is 2.46. The van der Waals surface area contributed by atoms with E-state index in [1.807, 2.05) is 13.8 Å². The van der Waals surface area contributed by atoms with Crippen molar-refractivity contribution in [1.29, 1.82) is 0 Å². The summed E-state index contributed by atoms with van der Waals surface area (Å²) in [5, 5.41) is 4.09. The summed E-state index contributed by atoms with van der Waals surface area (Å²) >= 11 is 6.46. The minimum atomic E-state index is 0.341. The number of aromatic nitrogens is 3. The highest BCUT2D eigenvalue weighted by Gasteiger charge is 2.06. The molecule has 0 N–H and O–H groups in total. The van der Waals surface area contributed by atoms with Gasteiger partial charge in [-0.2, -0.15) is 4.98 Å². The number of rotatable bonds is 1. The summed E-state index contributed by atoms with van der Waals surface area (Å²) in [4.78, 5) is 4.02. The van der Waals surface area contributed by atoms with Gasteiger partial charge >= 0.3 is 0 Å².